The lowest BCUT2D eigenvalue weighted by molar-refractivity contribution is 0.400. The van der Waals surface area contributed by atoms with Crippen LogP contribution in [0.25, 0.3) is 0 Å². The number of methoxy groups -OCH3 is 1. The zero-order valence-corrected chi connectivity index (χ0v) is 11.8. The summed E-state index contributed by atoms with van der Waals surface area (Å²) in [6.07, 6.45) is 1.07. The molecule has 3 nitrogen and oxygen atoms in total. The first-order valence-corrected chi connectivity index (χ1v) is 6.66. The molecule has 0 radical (unpaired) electrons. The zero-order valence-electron chi connectivity index (χ0n) is 10.2. The predicted molar refractivity (Wildman–Crippen MR) is 73.5 cm³/mol. The third kappa shape index (κ3) is 2.84. The quantitative estimate of drug-likeness (QED) is 0.870. The maximum absolute atomic E-state index is 9.57. The van der Waals surface area contributed by atoms with Crippen LogP contribution in [-0.2, 0) is 0 Å². The summed E-state index contributed by atoms with van der Waals surface area (Å²) in [6, 6.07) is 6.16. The van der Waals surface area contributed by atoms with Gasteiger partial charge in [-0.1, -0.05) is 22.0 Å². The van der Waals surface area contributed by atoms with Gasteiger partial charge in [-0.05, 0) is 44.0 Å². The summed E-state index contributed by atoms with van der Waals surface area (Å²) in [5.41, 5.74) is 1.24. The van der Waals surface area contributed by atoms with Crippen molar-refractivity contribution in [3.8, 4) is 5.75 Å². The first kappa shape index (κ1) is 12.9. The fraction of sp³-hybridized carbons (Fsp3) is 0.500. The number of halogens is 1. The van der Waals surface area contributed by atoms with Gasteiger partial charge in [-0.3, -0.25) is 0 Å². The predicted octanol–water partition coefficient (Wildman–Crippen LogP) is 2.36. The minimum absolute atomic E-state index is 0.360. The highest BCUT2D eigenvalue weighted by Crippen LogP contribution is 2.35. The number of benzene rings is 1. The highest BCUT2D eigenvalue weighted by molar-refractivity contribution is 9.10. The van der Waals surface area contributed by atoms with Crippen LogP contribution in [0.2, 0.25) is 6.82 Å². The van der Waals surface area contributed by atoms with Crippen LogP contribution in [0, 0.1) is 0 Å². The van der Waals surface area contributed by atoms with Crippen LogP contribution < -0.4 is 4.74 Å². The molecule has 2 rings (SSSR count). The maximum Gasteiger partial charge on any atom is 0.376 e. The molecule has 1 aromatic carbocycles. The number of nitrogens with zero attached hydrogens (tertiary/aromatic N) is 1. The molecule has 0 unspecified atom stereocenters. The Morgan fingerprint density at radius 1 is 1.53 bits per heavy atom. The SMILES string of the molecule is COc1cc(Br)ccc1[C@@H]1CCN(B(C)O)C1. The Kier molecular flexibility index (Phi) is 4.12. The monoisotopic (exact) mass is 297 g/mol. The second-order valence-electron chi connectivity index (χ2n) is 4.50. The molecule has 1 N–H and O–H groups in total. The van der Waals surface area contributed by atoms with Crippen molar-refractivity contribution in [1.82, 2.24) is 4.81 Å². The molecule has 1 saturated heterocycles. The molecule has 0 saturated carbocycles. The number of rotatable bonds is 3. The van der Waals surface area contributed by atoms with Gasteiger partial charge in [0, 0.05) is 10.4 Å². The molecule has 1 aliphatic rings. The van der Waals surface area contributed by atoms with Crippen molar-refractivity contribution < 1.29 is 9.76 Å². The van der Waals surface area contributed by atoms with Gasteiger partial charge in [-0.25, -0.2) is 0 Å². The van der Waals surface area contributed by atoms with E-state index in [0.29, 0.717) is 5.92 Å². The van der Waals surface area contributed by atoms with Gasteiger partial charge in [0.1, 0.15) is 5.75 Å². The molecular weight excluding hydrogens is 281 g/mol. The van der Waals surface area contributed by atoms with Gasteiger partial charge in [-0.2, -0.15) is 0 Å². The summed E-state index contributed by atoms with van der Waals surface area (Å²) in [7, 11) is 1.34. The summed E-state index contributed by atoms with van der Waals surface area (Å²) >= 11 is 3.45. The van der Waals surface area contributed by atoms with Crippen LogP contribution in [-0.4, -0.2) is 37.1 Å². The molecule has 1 heterocycles. The minimum atomic E-state index is -0.360. The van der Waals surface area contributed by atoms with E-state index in [4.69, 9.17) is 4.74 Å². The van der Waals surface area contributed by atoms with Gasteiger partial charge in [0.25, 0.3) is 0 Å². The Labute approximate surface area is 111 Å². The van der Waals surface area contributed by atoms with E-state index in [1.54, 1.807) is 7.11 Å². The van der Waals surface area contributed by atoms with Gasteiger partial charge >= 0.3 is 7.05 Å². The zero-order chi connectivity index (χ0) is 12.4. The normalized spacial score (nSPS) is 20.6. The lowest BCUT2D eigenvalue weighted by Crippen LogP contribution is -2.34. The molecule has 92 valence electrons. The summed E-state index contributed by atoms with van der Waals surface area (Å²) in [4.78, 5) is 2.09. The van der Waals surface area contributed by atoms with Crippen LogP contribution in [0.1, 0.15) is 17.9 Å². The van der Waals surface area contributed by atoms with Crippen molar-refractivity contribution >= 4 is 23.0 Å². The van der Waals surface area contributed by atoms with Crippen molar-refractivity contribution in [1.29, 1.82) is 0 Å². The Morgan fingerprint density at radius 2 is 2.29 bits per heavy atom. The second-order valence-corrected chi connectivity index (χ2v) is 5.41. The highest BCUT2D eigenvalue weighted by Gasteiger charge is 2.29. The van der Waals surface area contributed by atoms with Crippen LogP contribution in [0.15, 0.2) is 22.7 Å². The first-order chi connectivity index (χ1) is 8.11. The van der Waals surface area contributed by atoms with Gasteiger partial charge in [-0.15, -0.1) is 0 Å². The number of ether oxygens (including phenoxy) is 1. The van der Waals surface area contributed by atoms with Crippen LogP contribution in [0.4, 0.5) is 0 Å². The minimum Gasteiger partial charge on any atom is -0.496 e. The number of hydrogen-bond acceptors (Lipinski definition) is 3. The van der Waals surface area contributed by atoms with Gasteiger partial charge < -0.3 is 14.6 Å². The smallest absolute Gasteiger partial charge is 0.376 e. The topological polar surface area (TPSA) is 32.7 Å². The van der Waals surface area contributed by atoms with E-state index in [1.165, 1.54) is 5.56 Å². The Bertz CT molecular complexity index is 400. The maximum atomic E-state index is 9.57. The van der Waals surface area contributed by atoms with E-state index in [1.807, 2.05) is 19.0 Å². The van der Waals surface area contributed by atoms with Crippen molar-refractivity contribution in [2.75, 3.05) is 20.2 Å². The van der Waals surface area contributed by atoms with Gasteiger partial charge in [0.2, 0.25) is 0 Å². The van der Waals surface area contributed by atoms with E-state index in [2.05, 4.69) is 26.8 Å². The average Bonchev–Trinajstić information content (AvgIpc) is 2.78. The fourth-order valence-electron chi connectivity index (χ4n) is 2.40. The lowest BCUT2D eigenvalue weighted by Gasteiger charge is -2.18. The third-order valence-corrected chi connectivity index (χ3v) is 3.88. The molecule has 0 aromatic heterocycles. The van der Waals surface area contributed by atoms with Crippen molar-refractivity contribution in [2.24, 2.45) is 0 Å². The largest absolute Gasteiger partial charge is 0.496 e. The molecule has 17 heavy (non-hydrogen) atoms. The highest BCUT2D eigenvalue weighted by atomic mass is 79.9. The summed E-state index contributed by atoms with van der Waals surface area (Å²) < 4.78 is 6.45. The molecule has 1 atom stereocenters. The van der Waals surface area contributed by atoms with E-state index < -0.39 is 0 Å². The van der Waals surface area contributed by atoms with Crippen LogP contribution in [0.3, 0.4) is 0 Å². The molecule has 0 bridgehead atoms. The summed E-state index contributed by atoms with van der Waals surface area (Å²) in [5.74, 6) is 1.38. The molecule has 0 spiro atoms. The van der Waals surface area contributed by atoms with Crippen LogP contribution in [0.5, 0.6) is 5.75 Å². The van der Waals surface area contributed by atoms with Crippen molar-refractivity contribution in [3.05, 3.63) is 28.2 Å². The van der Waals surface area contributed by atoms with Gasteiger partial charge in [0.15, 0.2) is 0 Å². The molecule has 1 aromatic rings. The molecule has 0 amide bonds. The van der Waals surface area contributed by atoms with E-state index >= 15 is 0 Å². The van der Waals surface area contributed by atoms with Crippen molar-refractivity contribution in [2.45, 2.75) is 19.2 Å². The third-order valence-electron chi connectivity index (χ3n) is 3.38. The summed E-state index contributed by atoms with van der Waals surface area (Å²) in [6.45, 7) is 3.67. The Hall–Kier alpha value is -0.515. The lowest BCUT2D eigenvalue weighted by atomic mass is 9.85. The second kappa shape index (κ2) is 5.42. The summed E-state index contributed by atoms with van der Waals surface area (Å²) in [5, 5.41) is 9.57. The van der Waals surface area contributed by atoms with E-state index in [-0.39, 0.29) is 7.05 Å². The molecule has 1 fully saturated rings. The molecular formula is C12H17BBrNO2. The van der Waals surface area contributed by atoms with Crippen molar-refractivity contribution in [3.63, 3.8) is 0 Å². The molecule has 1 aliphatic heterocycles. The standard InChI is InChI=1S/C12H17BBrNO2/c1-13(16)15-6-5-9(8-15)11-4-3-10(14)7-12(11)17-2/h3-4,7,9,16H,5-6,8H2,1-2H3/t9-/m1/s1. The van der Waals surface area contributed by atoms with E-state index in [9.17, 15) is 5.02 Å². The van der Waals surface area contributed by atoms with Gasteiger partial charge in [0.05, 0.1) is 7.11 Å². The molecule has 0 aliphatic carbocycles. The number of hydrogen-bond donors (Lipinski definition) is 1. The fourth-order valence-corrected chi connectivity index (χ4v) is 2.74. The first-order valence-electron chi connectivity index (χ1n) is 5.87. The Morgan fingerprint density at radius 3 is 2.88 bits per heavy atom. The van der Waals surface area contributed by atoms with Crippen LogP contribution >= 0.6 is 15.9 Å². The molecule has 5 heteroatoms. The van der Waals surface area contributed by atoms with E-state index in [0.717, 1.165) is 29.7 Å². The Balaban J connectivity index is 2.18. The average molecular weight is 298 g/mol.